The number of esters is 1. The predicted molar refractivity (Wildman–Crippen MR) is 103 cm³/mol. The van der Waals surface area contributed by atoms with Crippen LogP contribution in [0.4, 0.5) is 14.5 Å². The fraction of sp³-hybridized carbons (Fsp3) is 0.0909. The Balaban J connectivity index is 1.86. The molecule has 29 heavy (non-hydrogen) atoms. The first-order valence-corrected chi connectivity index (χ1v) is 8.63. The fourth-order valence-electron chi connectivity index (χ4n) is 2.66. The van der Waals surface area contributed by atoms with Crippen molar-refractivity contribution in [3.05, 3.63) is 95.6 Å². The number of amides is 1. The van der Waals surface area contributed by atoms with Crippen LogP contribution in [0.3, 0.4) is 0 Å². The maximum atomic E-state index is 13.4. The molecule has 0 fully saturated rings. The van der Waals surface area contributed by atoms with E-state index in [9.17, 15) is 18.4 Å². The average molecular weight is 397 g/mol. The summed E-state index contributed by atoms with van der Waals surface area (Å²) in [5.41, 5.74) is 0.499. The van der Waals surface area contributed by atoms with Crippen molar-refractivity contribution in [2.24, 2.45) is 0 Å². The van der Waals surface area contributed by atoms with Crippen LogP contribution in [0, 0.1) is 11.6 Å². The summed E-state index contributed by atoms with van der Waals surface area (Å²) < 4.78 is 37.3. The summed E-state index contributed by atoms with van der Waals surface area (Å²) in [5, 5.41) is 2.65. The van der Waals surface area contributed by atoms with Gasteiger partial charge in [0.15, 0.2) is 0 Å². The van der Waals surface area contributed by atoms with E-state index in [4.69, 9.17) is 9.47 Å². The lowest BCUT2D eigenvalue weighted by atomic mass is 10.1. The molecule has 0 heterocycles. The molecule has 5 nitrogen and oxygen atoms in total. The number of anilines is 1. The smallest absolute Gasteiger partial charge is 0.339 e. The quantitative estimate of drug-likeness (QED) is 0.622. The van der Waals surface area contributed by atoms with Crippen LogP contribution < -0.4 is 10.1 Å². The molecule has 3 aromatic rings. The monoisotopic (exact) mass is 397 g/mol. The third-order valence-corrected chi connectivity index (χ3v) is 4.00. The van der Waals surface area contributed by atoms with Crippen molar-refractivity contribution in [3.8, 4) is 5.75 Å². The minimum absolute atomic E-state index is 0.336. The van der Waals surface area contributed by atoms with Crippen molar-refractivity contribution < 1.29 is 27.8 Å². The Hall–Kier alpha value is -3.74. The molecular weight excluding hydrogens is 380 g/mol. The maximum absolute atomic E-state index is 13.4. The van der Waals surface area contributed by atoms with Gasteiger partial charge in [0.25, 0.3) is 5.91 Å². The third kappa shape index (κ3) is 5.16. The van der Waals surface area contributed by atoms with Gasteiger partial charge in [-0.15, -0.1) is 0 Å². The van der Waals surface area contributed by atoms with Gasteiger partial charge in [-0.1, -0.05) is 36.4 Å². The van der Waals surface area contributed by atoms with Crippen LogP contribution in [0.2, 0.25) is 0 Å². The highest BCUT2D eigenvalue weighted by molar-refractivity contribution is 5.98. The molecule has 0 radical (unpaired) electrons. The Labute approximate surface area is 165 Å². The van der Waals surface area contributed by atoms with Crippen molar-refractivity contribution in [1.82, 2.24) is 0 Å². The number of nitrogens with one attached hydrogen (secondary N) is 1. The van der Waals surface area contributed by atoms with Gasteiger partial charge in [0.05, 0.1) is 12.7 Å². The van der Waals surface area contributed by atoms with Gasteiger partial charge in [-0.25, -0.2) is 13.6 Å². The highest BCUT2D eigenvalue weighted by Gasteiger charge is 2.26. The first-order valence-electron chi connectivity index (χ1n) is 8.63. The van der Waals surface area contributed by atoms with E-state index >= 15 is 0 Å². The zero-order chi connectivity index (χ0) is 20.8. The molecule has 1 amide bonds. The Bertz CT molecular complexity index is 1000. The number of carbonyl (C=O) groups is 2. The van der Waals surface area contributed by atoms with E-state index in [2.05, 4.69) is 5.32 Å². The Morgan fingerprint density at radius 2 is 1.59 bits per heavy atom. The lowest BCUT2D eigenvalue weighted by Crippen LogP contribution is -2.26. The summed E-state index contributed by atoms with van der Waals surface area (Å²) in [7, 11) is 1.49. The molecule has 3 rings (SSSR count). The van der Waals surface area contributed by atoms with Gasteiger partial charge < -0.3 is 14.8 Å². The summed E-state index contributed by atoms with van der Waals surface area (Å²) in [6.07, 6.45) is -1.33. The predicted octanol–water partition coefficient (Wildman–Crippen LogP) is 4.51. The number of hydrogen-bond donors (Lipinski definition) is 1. The van der Waals surface area contributed by atoms with Crippen LogP contribution in [-0.2, 0) is 9.53 Å². The van der Waals surface area contributed by atoms with E-state index in [1.165, 1.54) is 7.11 Å². The first kappa shape index (κ1) is 20.0. The molecule has 0 aliphatic carbocycles. The highest BCUT2D eigenvalue weighted by Crippen LogP contribution is 2.24. The molecule has 0 bridgehead atoms. The Morgan fingerprint density at radius 1 is 0.897 bits per heavy atom. The molecule has 7 heteroatoms. The van der Waals surface area contributed by atoms with Crippen LogP contribution in [0.25, 0.3) is 0 Å². The maximum Gasteiger partial charge on any atom is 0.339 e. The van der Waals surface area contributed by atoms with E-state index in [-0.39, 0.29) is 5.56 Å². The van der Waals surface area contributed by atoms with Crippen molar-refractivity contribution >= 4 is 17.6 Å². The number of carbonyl (C=O) groups excluding carboxylic acids is 2. The third-order valence-electron chi connectivity index (χ3n) is 4.00. The standard InChI is InChI=1S/C22H17F2NO4/c1-28-19-9-5-8-18(13-19)25-21(26)20(14-6-3-2-4-7-14)29-22(27)15-10-16(23)12-17(24)11-15/h2-13,20H,1H3,(H,25,26)/t20-/m1/s1. The van der Waals surface area contributed by atoms with E-state index in [1.807, 2.05) is 0 Å². The summed E-state index contributed by atoms with van der Waals surface area (Å²) in [5.74, 6) is -2.97. The van der Waals surface area contributed by atoms with Gasteiger partial charge in [0, 0.05) is 23.4 Å². The Kier molecular flexibility index (Phi) is 6.19. The summed E-state index contributed by atoms with van der Waals surface area (Å²) in [6, 6.07) is 17.3. The van der Waals surface area contributed by atoms with Crippen molar-refractivity contribution in [2.45, 2.75) is 6.10 Å². The molecule has 0 aromatic heterocycles. The van der Waals surface area contributed by atoms with Gasteiger partial charge in [-0.05, 0) is 24.3 Å². The lowest BCUT2D eigenvalue weighted by molar-refractivity contribution is -0.125. The van der Waals surface area contributed by atoms with Crippen molar-refractivity contribution in [1.29, 1.82) is 0 Å². The zero-order valence-electron chi connectivity index (χ0n) is 15.4. The second-order valence-electron chi connectivity index (χ2n) is 6.08. The zero-order valence-corrected chi connectivity index (χ0v) is 15.4. The SMILES string of the molecule is COc1cccc(NC(=O)[C@H](OC(=O)c2cc(F)cc(F)c2)c2ccccc2)c1. The molecular formula is C22H17F2NO4. The molecule has 0 saturated heterocycles. The largest absolute Gasteiger partial charge is 0.497 e. The average Bonchev–Trinajstić information content (AvgIpc) is 2.71. The van der Waals surface area contributed by atoms with Crippen LogP contribution in [-0.4, -0.2) is 19.0 Å². The summed E-state index contributed by atoms with van der Waals surface area (Å²) in [4.78, 5) is 25.3. The minimum atomic E-state index is -1.33. The van der Waals surface area contributed by atoms with Gasteiger partial charge in [0.1, 0.15) is 17.4 Å². The Morgan fingerprint density at radius 3 is 2.24 bits per heavy atom. The normalized spacial score (nSPS) is 11.4. The number of benzene rings is 3. The number of halogens is 2. The molecule has 0 saturated carbocycles. The number of methoxy groups -OCH3 is 1. The van der Waals surface area contributed by atoms with E-state index < -0.39 is 29.6 Å². The molecule has 0 unspecified atom stereocenters. The topological polar surface area (TPSA) is 64.6 Å². The fourth-order valence-corrected chi connectivity index (χ4v) is 2.66. The van der Waals surface area contributed by atoms with Crippen molar-refractivity contribution in [3.63, 3.8) is 0 Å². The summed E-state index contributed by atoms with van der Waals surface area (Å²) >= 11 is 0. The number of rotatable bonds is 6. The van der Waals surface area contributed by atoms with E-state index in [0.717, 1.165) is 12.1 Å². The second-order valence-corrected chi connectivity index (χ2v) is 6.08. The molecule has 1 N–H and O–H groups in total. The van der Waals surface area contributed by atoms with Gasteiger partial charge >= 0.3 is 5.97 Å². The first-order chi connectivity index (χ1) is 14.0. The molecule has 148 valence electrons. The molecule has 0 aliphatic heterocycles. The van der Waals surface area contributed by atoms with Crippen LogP contribution >= 0.6 is 0 Å². The van der Waals surface area contributed by atoms with Crippen LogP contribution in [0.1, 0.15) is 22.0 Å². The van der Waals surface area contributed by atoms with Gasteiger partial charge in [0.2, 0.25) is 6.10 Å². The number of ether oxygens (including phenoxy) is 2. The lowest BCUT2D eigenvalue weighted by Gasteiger charge is -2.18. The van der Waals surface area contributed by atoms with E-state index in [1.54, 1.807) is 54.6 Å². The van der Waals surface area contributed by atoms with Gasteiger partial charge in [-0.2, -0.15) is 0 Å². The van der Waals surface area contributed by atoms with Crippen LogP contribution in [0.5, 0.6) is 5.75 Å². The second kappa shape index (κ2) is 8.97. The number of hydrogen-bond acceptors (Lipinski definition) is 4. The molecule has 0 spiro atoms. The van der Waals surface area contributed by atoms with Crippen LogP contribution in [0.15, 0.2) is 72.8 Å². The highest BCUT2D eigenvalue weighted by atomic mass is 19.1. The van der Waals surface area contributed by atoms with Gasteiger partial charge in [-0.3, -0.25) is 4.79 Å². The van der Waals surface area contributed by atoms with Crippen molar-refractivity contribution in [2.75, 3.05) is 12.4 Å². The molecule has 1 atom stereocenters. The van der Waals surface area contributed by atoms with E-state index in [0.29, 0.717) is 23.1 Å². The molecule has 3 aromatic carbocycles. The summed E-state index contributed by atoms with van der Waals surface area (Å²) in [6.45, 7) is 0. The molecule has 0 aliphatic rings. The minimum Gasteiger partial charge on any atom is -0.497 e.